The Balaban J connectivity index is 1.69. The van der Waals surface area contributed by atoms with E-state index in [1.807, 2.05) is 79.1 Å². The Bertz CT molecular complexity index is 739. The molecule has 122 valence electrons. The van der Waals surface area contributed by atoms with Gasteiger partial charge in [-0.2, -0.15) is 0 Å². The van der Waals surface area contributed by atoms with Gasteiger partial charge in [0.15, 0.2) is 0 Å². The quantitative estimate of drug-likeness (QED) is 0.625. The van der Waals surface area contributed by atoms with Crippen molar-refractivity contribution in [3.63, 3.8) is 0 Å². The Labute approximate surface area is 141 Å². The first kappa shape index (κ1) is 16.0. The number of rotatable bonds is 7. The molecule has 3 aromatic rings. The van der Waals surface area contributed by atoms with Crippen LogP contribution in [0.25, 0.3) is 0 Å². The van der Waals surface area contributed by atoms with E-state index in [0.29, 0.717) is 13.0 Å². The van der Waals surface area contributed by atoms with E-state index in [9.17, 15) is 4.79 Å². The summed E-state index contributed by atoms with van der Waals surface area (Å²) >= 11 is 0. The number of H-pyrrole nitrogens is 1. The van der Waals surface area contributed by atoms with Crippen molar-refractivity contribution in [1.29, 1.82) is 0 Å². The van der Waals surface area contributed by atoms with Gasteiger partial charge in [0.25, 0.3) is 0 Å². The van der Waals surface area contributed by atoms with Crippen LogP contribution in [0.4, 0.5) is 5.69 Å². The SMILES string of the molecule is O=C(Nc1ccccc1)[C@H](Cc1ccccc1)NCc1cc[nH]c1. The number of benzene rings is 2. The van der Waals surface area contributed by atoms with Crippen LogP contribution in [0.2, 0.25) is 0 Å². The van der Waals surface area contributed by atoms with Gasteiger partial charge in [-0.3, -0.25) is 4.79 Å². The molecule has 1 heterocycles. The molecule has 0 aliphatic rings. The summed E-state index contributed by atoms with van der Waals surface area (Å²) in [5.41, 5.74) is 3.07. The van der Waals surface area contributed by atoms with E-state index in [1.165, 1.54) is 0 Å². The molecule has 0 saturated heterocycles. The lowest BCUT2D eigenvalue weighted by atomic mass is 10.0. The average Bonchev–Trinajstić information content (AvgIpc) is 3.14. The van der Waals surface area contributed by atoms with E-state index in [1.54, 1.807) is 0 Å². The second-order valence-corrected chi connectivity index (χ2v) is 5.70. The first-order valence-electron chi connectivity index (χ1n) is 8.06. The van der Waals surface area contributed by atoms with Crippen molar-refractivity contribution < 1.29 is 4.79 Å². The molecule has 4 heteroatoms. The highest BCUT2D eigenvalue weighted by atomic mass is 16.2. The van der Waals surface area contributed by atoms with Crippen LogP contribution >= 0.6 is 0 Å². The summed E-state index contributed by atoms with van der Waals surface area (Å²) in [6.45, 7) is 0.642. The van der Waals surface area contributed by atoms with E-state index >= 15 is 0 Å². The van der Waals surface area contributed by atoms with Crippen molar-refractivity contribution in [3.8, 4) is 0 Å². The molecule has 1 atom stereocenters. The third-order valence-electron chi connectivity index (χ3n) is 3.86. The number of hydrogen-bond donors (Lipinski definition) is 3. The zero-order valence-corrected chi connectivity index (χ0v) is 13.4. The molecule has 4 nitrogen and oxygen atoms in total. The molecule has 3 rings (SSSR count). The maximum atomic E-state index is 12.7. The van der Waals surface area contributed by atoms with Crippen LogP contribution in [0, 0.1) is 0 Å². The number of anilines is 1. The molecule has 0 aliphatic heterocycles. The highest BCUT2D eigenvalue weighted by Gasteiger charge is 2.18. The fraction of sp³-hybridized carbons (Fsp3) is 0.150. The zero-order chi connectivity index (χ0) is 16.6. The number of aromatic nitrogens is 1. The van der Waals surface area contributed by atoms with Crippen molar-refractivity contribution in [1.82, 2.24) is 10.3 Å². The number of aromatic amines is 1. The molecule has 0 fully saturated rings. The Morgan fingerprint density at radius 2 is 1.62 bits per heavy atom. The lowest BCUT2D eigenvalue weighted by Crippen LogP contribution is -2.41. The van der Waals surface area contributed by atoms with Gasteiger partial charge in [-0.1, -0.05) is 48.5 Å². The average molecular weight is 319 g/mol. The molecule has 3 N–H and O–H groups in total. The van der Waals surface area contributed by atoms with Gasteiger partial charge in [-0.05, 0) is 35.7 Å². The summed E-state index contributed by atoms with van der Waals surface area (Å²) in [5.74, 6) is -0.0272. The summed E-state index contributed by atoms with van der Waals surface area (Å²) in [4.78, 5) is 15.7. The summed E-state index contributed by atoms with van der Waals surface area (Å²) in [5, 5.41) is 6.34. The van der Waals surface area contributed by atoms with Crippen molar-refractivity contribution in [2.45, 2.75) is 19.0 Å². The number of nitrogens with one attached hydrogen (secondary N) is 3. The molecule has 0 bridgehead atoms. The Hall–Kier alpha value is -2.85. The van der Waals surface area contributed by atoms with Crippen molar-refractivity contribution in [3.05, 3.63) is 90.3 Å². The minimum Gasteiger partial charge on any atom is -0.367 e. The molecule has 1 amide bonds. The van der Waals surface area contributed by atoms with Crippen LogP contribution in [0.15, 0.2) is 79.1 Å². The van der Waals surface area contributed by atoms with Gasteiger partial charge in [-0.25, -0.2) is 0 Å². The lowest BCUT2D eigenvalue weighted by Gasteiger charge is -2.18. The third kappa shape index (κ3) is 4.57. The van der Waals surface area contributed by atoms with E-state index < -0.39 is 0 Å². The molecule has 24 heavy (non-hydrogen) atoms. The molecule has 0 unspecified atom stereocenters. The Morgan fingerprint density at radius 3 is 2.29 bits per heavy atom. The maximum Gasteiger partial charge on any atom is 0.241 e. The smallest absolute Gasteiger partial charge is 0.241 e. The maximum absolute atomic E-state index is 12.7. The first-order valence-corrected chi connectivity index (χ1v) is 8.06. The first-order chi connectivity index (χ1) is 11.8. The lowest BCUT2D eigenvalue weighted by molar-refractivity contribution is -0.118. The molecule has 0 aliphatic carbocycles. The van der Waals surface area contributed by atoms with Gasteiger partial charge in [0, 0.05) is 24.6 Å². The molecule has 0 spiro atoms. The molecule has 0 radical (unpaired) electrons. The van der Waals surface area contributed by atoms with E-state index in [4.69, 9.17) is 0 Å². The van der Waals surface area contributed by atoms with E-state index in [-0.39, 0.29) is 11.9 Å². The highest BCUT2D eigenvalue weighted by molar-refractivity contribution is 5.95. The number of carbonyl (C=O) groups is 1. The zero-order valence-electron chi connectivity index (χ0n) is 13.4. The Kier molecular flexibility index (Phi) is 5.43. The fourth-order valence-corrected chi connectivity index (χ4v) is 2.57. The second kappa shape index (κ2) is 8.13. The van der Waals surface area contributed by atoms with Crippen molar-refractivity contribution >= 4 is 11.6 Å². The normalized spacial score (nSPS) is 11.8. The molecule has 0 saturated carbocycles. The highest BCUT2D eigenvalue weighted by Crippen LogP contribution is 2.09. The third-order valence-corrected chi connectivity index (χ3v) is 3.86. The predicted octanol–water partition coefficient (Wildman–Crippen LogP) is 3.35. The number of amides is 1. The van der Waals surface area contributed by atoms with Crippen LogP contribution in [-0.2, 0) is 17.8 Å². The van der Waals surface area contributed by atoms with E-state index in [0.717, 1.165) is 16.8 Å². The predicted molar refractivity (Wildman–Crippen MR) is 96.6 cm³/mol. The van der Waals surface area contributed by atoms with Crippen LogP contribution in [-0.4, -0.2) is 16.9 Å². The van der Waals surface area contributed by atoms with Crippen molar-refractivity contribution in [2.24, 2.45) is 0 Å². The number of carbonyl (C=O) groups excluding carboxylic acids is 1. The summed E-state index contributed by atoms with van der Waals surface area (Å²) < 4.78 is 0. The monoisotopic (exact) mass is 319 g/mol. The van der Waals surface area contributed by atoms with Crippen LogP contribution in [0.5, 0.6) is 0 Å². The van der Waals surface area contributed by atoms with Gasteiger partial charge in [0.1, 0.15) is 0 Å². The molecular weight excluding hydrogens is 298 g/mol. The summed E-state index contributed by atoms with van der Waals surface area (Å²) in [6, 6.07) is 21.3. The van der Waals surface area contributed by atoms with E-state index in [2.05, 4.69) is 15.6 Å². The second-order valence-electron chi connectivity index (χ2n) is 5.70. The number of para-hydroxylation sites is 1. The minimum absolute atomic E-state index is 0.0272. The standard InChI is InChI=1S/C20H21N3O/c24-20(23-18-9-5-2-6-10-18)19(13-16-7-3-1-4-8-16)22-15-17-11-12-21-14-17/h1-12,14,19,21-22H,13,15H2,(H,23,24)/t19-/m0/s1. The van der Waals surface area contributed by atoms with Gasteiger partial charge in [0.2, 0.25) is 5.91 Å². The minimum atomic E-state index is -0.303. The van der Waals surface area contributed by atoms with Gasteiger partial charge in [-0.15, -0.1) is 0 Å². The number of hydrogen-bond acceptors (Lipinski definition) is 2. The topological polar surface area (TPSA) is 56.9 Å². The summed E-state index contributed by atoms with van der Waals surface area (Å²) in [6.07, 6.45) is 4.46. The molecular formula is C20H21N3O. The molecule has 1 aromatic heterocycles. The van der Waals surface area contributed by atoms with Gasteiger partial charge in [0.05, 0.1) is 6.04 Å². The van der Waals surface area contributed by atoms with Gasteiger partial charge >= 0.3 is 0 Å². The largest absolute Gasteiger partial charge is 0.367 e. The van der Waals surface area contributed by atoms with Crippen LogP contribution in [0.1, 0.15) is 11.1 Å². The van der Waals surface area contributed by atoms with Crippen LogP contribution < -0.4 is 10.6 Å². The summed E-state index contributed by atoms with van der Waals surface area (Å²) in [7, 11) is 0. The van der Waals surface area contributed by atoms with Crippen LogP contribution in [0.3, 0.4) is 0 Å². The Morgan fingerprint density at radius 1 is 0.917 bits per heavy atom. The van der Waals surface area contributed by atoms with Crippen molar-refractivity contribution in [2.75, 3.05) is 5.32 Å². The van der Waals surface area contributed by atoms with Gasteiger partial charge < -0.3 is 15.6 Å². The fourth-order valence-electron chi connectivity index (χ4n) is 2.57. The molecule has 2 aromatic carbocycles.